The molecule has 0 aliphatic rings. The quantitative estimate of drug-likeness (QED) is 0.439. The second-order valence-electron chi connectivity index (χ2n) is 3.82. The summed E-state index contributed by atoms with van der Waals surface area (Å²) in [5, 5.41) is 5.54. The molecule has 5 heteroatoms. The van der Waals surface area contributed by atoms with Crippen molar-refractivity contribution < 1.29 is 14.4 Å². The van der Waals surface area contributed by atoms with E-state index in [2.05, 4.69) is 10.6 Å². The molecule has 2 amide bonds. The summed E-state index contributed by atoms with van der Waals surface area (Å²) >= 11 is 0. The topological polar surface area (TPSA) is 75.3 Å². The fraction of sp³-hybridized carbons (Fsp3) is 0.750. The molecule has 2 N–H and O–H groups in total. The minimum atomic E-state index is -0.0728. The van der Waals surface area contributed by atoms with Crippen molar-refractivity contribution in [1.82, 2.24) is 10.6 Å². The normalized spacial score (nSPS) is 9.71. The van der Waals surface area contributed by atoms with Crippen LogP contribution in [0.15, 0.2) is 0 Å². The summed E-state index contributed by atoms with van der Waals surface area (Å²) in [6.45, 7) is 3.16. The first-order valence-corrected chi connectivity index (χ1v) is 6.17. The van der Waals surface area contributed by atoms with Crippen molar-refractivity contribution >= 4 is 18.1 Å². The maximum atomic E-state index is 11.1. The van der Waals surface area contributed by atoms with Gasteiger partial charge in [-0.25, -0.2) is 0 Å². The van der Waals surface area contributed by atoms with Crippen LogP contribution < -0.4 is 10.6 Å². The van der Waals surface area contributed by atoms with Gasteiger partial charge in [-0.1, -0.05) is 6.92 Å². The highest BCUT2D eigenvalue weighted by Crippen LogP contribution is 1.93. The molecule has 0 aromatic heterocycles. The molecular formula is C12H22N2O3. The number of carbonyl (C=O) groups excluding carboxylic acids is 3. The van der Waals surface area contributed by atoms with Crippen molar-refractivity contribution in [3.63, 3.8) is 0 Å². The van der Waals surface area contributed by atoms with Gasteiger partial charge in [-0.2, -0.15) is 0 Å². The summed E-state index contributed by atoms with van der Waals surface area (Å²) in [4.78, 5) is 32.0. The monoisotopic (exact) mass is 242 g/mol. The van der Waals surface area contributed by atoms with Crippen LogP contribution in [-0.4, -0.2) is 31.2 Å². The smallest absolute Gasteiger partial charge is 0.220 e. The third kappa shape index (κ3) is 10.9. The van der Waals surface area contributed by atoms with Crippen LogP contribution in [-0.2, 0) is 14.4 Å². The molecular weight excluding hydrogens is 220 g/mol. The van der Waals surface area contributed by atoms with Crippen LogP contribution in [0.1, 0.15) is 45.4 Å². The van der Waals surface area contributed by atoms with Gasteiger partial charge in [-0.05, 0) is 19.3 Å². The second-order valence-corrected chi connectivity index (χ2v) is 3.82. The first-order valence-electron chi connectivity index (χ1n) is 6.17. The molecule has 0 aromatic rings. The van der Waals surface area contributed by atoms with E-state index in [0.717, 1.165) is 25.5 Å². The molecule has 0 saturated heterocycles. The van der Waals surface area contributed by atoms with Crippen LogP contribution in [0.2, 0.25) is 0 Å². The Hall–Kier alpha value is -1.39. The fourth-order valence-electron chi connectivity index (χ4n) is 1.29. The second kappa shape index (κ2) is 11.1. The Balaban J connectivity index is 3.20. The summed E-state index contributed by atoms with van der Waals surface area (Å²) in [5.41, 5.74) is 0. The average Bonchev–Trinajstić information content (AvgIpc) is 2.34. The van der Waals surface area contributed by atoms with E-state index < -0.39 is 0 Å². The van der Waals surface area contributed by atoms with Gasteiger partial charge in [0.1, 0.15) is 6.29 Å². The lowest BCUT2D eigenvalue weighted by molar-refractivity contribution is -0.122. The van der Waals surface area contributed by atoms with Gasteiger partial charge in [-0.15, -0.1) is 0 Å². The number of nitrogens with one attached hydrogen (secondary N) is 2. The molecule has 0 atom stereocenters. The van der Waals surface area contributed by atoms with Crippen molar-refractivity contribution in [2.75, 3.05) is 13.1 Å². The van der Waals surface area contributed by atoms with E-state index in [-0.39, 0.29) is 24.7 Å². The maximum Gasteiger partial charge on any atom is 0.220 e. The average molecular weight is 242 g/mol. The summed E-state index contributed by atoms with van der Waals surface area (Å²) in [6.07, 6.45) is 4.62. The molecule has 0 radical (unpaired) electrons. The number of carbonyl (C=O) groups is 3. The highest BCUT2D eigenvalue weighted by molar-refractivity contribution is 5.78. The van der Waals surface area contributed by atoms with E-state index >= 15 is 0 Å². The molecule has 0 unspecified atom stereocenters. The van der Waals surface area contributed by atoms with E-state index in [1.54, 1.807) is 0 Å². The van der Waals surface area contributed by atoms with E-state index in [1.165, 1.54) is 0 Å². The number of amides is 2. The minimum Gasteiger partial charge on any atom is -0.356 e. The van der Waals surface area contributed by atoms with Crippen molar-refractivity contribution in [2.45, 2.75) is 45.4 Å². The largest absolute Gasteiger partial charge is 0.356 e. The van der Waals surface area contributed by atoms with Crippen LogP contribution >= 0.6 is 0 Å². The summed E-state index contributed by atoms with van der Waals surface area (Å²) in [6, 6.07) is 0. The predicted octanol–water partition coefficient (Wildman–Crippen LogP) is 0.778. The molecule has 0 spiro atoms. The van der Waals surface area contributed by atoms with Gasteiger partial charge in [0, 0.05) is 32.4 Å². The van der Waals surface area contributed by atoms with E-state index in [0.29, 0.717) is 19.5 Å². The third-order valence-electron chi connectivity index (χ3n) is 2.31. The molecule has 98 valence electrons. The molecule has 0 aliphatic carbocycles. The molecule has 17 heavy (non-hydrogen) atoms. The van der Waals surface area contributed by atoms with Gasteiger partial charge >= 0.3 is 0 Å². The van der Waals surface area contributed by atoms with Gasteiger partial charge in [0.15, 0.2) is 0 Å². The highest BCUT2D eigenvalue weighted by Gasteiger charge is 1.99. The molecule has 0 rings (SSSR count). The van der Waals surface area contributed by atoms with Crippen molar-refractivity contribution in [3.8, 4) is 0 Å². The van der Waals surface area contributed by atoms with Crippen molar-refractivity contribution in [1.29, 1.82) is 0 Å². The lowest BCUT2D eigenvalue weighted by Crippen LogP contribution is -2.25. The molecule has 0 fully saturated rings. The van der Waals surface area contributed by atoms with Gasteiger partial charge in [0.2, 0.25) is 11.8 Å². The van der Waals surface area contributed by atoms with Crippen LogP contribution in [0.4, 0.5) is 0 Å². The lowest BCUT2D eigenvalue weighted by atomic mass is 10.2. The third-order valence-corrected chi connectivity index (χ3v) is 2.31. The molecule has 0 aliphatic heterocycles. The summed E-state index contributed by atoms with van der Waals surface area (Å²) in [7, 11) is 0. The Bertz CT molecular complexity index is 242. The molecule has 0 saturated carbocycles. The van der Waals surface area contributed by atoms with E-state index in [4.69, 9.17) is 0 Å². The number of hydrogen-bond acceptors (Lipinski definition) is 3. The Morgan fingerprint density at radius 2 is 1.59 bits per heavy atom. The Labute approximate surface area is 102 Å². The van der Waals surface area contributed by atoms with E-state index in [9.17, 15) is 14.4 Å². The van der Waals surface area contributed by atoms with Crippen LogP contribution in [0, 0.1) is 0 Å². The Morgan fingerprint density at radius 1 is 1.00 bits per heavy atom. The SMILES string of the molecule is CCC(=O)NCCCCCNC(=O)CCC=O. The van der Waals surface area contributed by atoms with Crippen LogP contribution in [0.25, 0.3) is 0 Å². The summed E-state index contributed by atoms with van der Waals surface area (Å²) < 4.78 is 0. The Kier molecular flexibility index (Phi) is 10.2. The number of aldehydes is 1. The highest BCUT2D eigenvalue weighted by atomic mass is 16.2. The number of hydrogen-bond donors (Lipinski definition) is 2. The van der Waals surface area contributed by atoms with Gasteiger partial charge < -0.3 is 15.4 Å². The molecule has 0 heterocycles. The molecule has 5 nitrogen and oxygen atoms in total. The van der Waals surface area contributed by atoms with Crippen molar-refractivity contribution in [2.24, 2.45) is 0 Å². The minimum absolute atomic E-state index is 0.0728. The molecule has 0 aromatic carbocycles. The number of rotatable bonds is 10. The van der Waals surface area contributed by atoms with Gasteiger partial charge in [0.25, 0.3) is 0 Å². The zero-order chi connectivity index (χ0) is 12.9. The zero-order valence-electron chi connectivity index (χ0n) is 10.5. The van der Waals surface area contributed by atoms with Gasteiger partial charge in [0.05, 0.1) is 0 Å². The first-order chi connectivity index (χ1) is 8.20. The first kappa shape index (κ1) is 15.6. The predicted molar refractivity (Wildman–Crippen MR) is 65.5 cm³/mol. The Morgan fingerprint density at radius 3 is 2.12 bits per heavy atom. The molecule has 0 bridgehead atoms. The summed E-state index contributed by atoms with van der Waals surface area (Å²) in [5.74, 6) is 0.00329. The maximum absolute atomic E-state index is 11.1. The van der Waals surface area contributed by atoms with Gasteiger partial charge in [-0.3, -0.25) is 9.59 Å². The lowest BCUT2D eigenvalue weighted by Gasteiger charge is -2.05. The van der Waals surface area contributed by atoms with E-state index in [1.807, 2.05) is 6.92 Å². The number of unbranched alkanes of at least 4 members (excludes halogenated alkanes) is 2. The van der Waals surface area contributed by atoms with Crippen molar-refractivity contribution in [3.05, 3.63) is 0 Å². The van der Waals surface area contributed by atoms with Crippen LogP contribution in [0.3, 0.4) is 0 Å². The fourth-order valence-corrected chi connectivity index (χ4v) is 1.29. The zero-order valence-corrected chi connectivity index (χ0v) is 10.5. The standard InChI is InChI=1S/C12H22N2O3/c1-2-11(16)13-8-4-3-5-9-14-12(17)7-6-10-15/h10H,2-9H2,1H3,(H,13,16)(H,14,17). The van der Waals surface area contributed by atoms with Crippen LogP contribution in [0.5, 0.6) is 0 Å².